The van der Waals surface area contributed by atoms with Gasteiger partial charge in [-0.1, -0.05) is 6.07 Å². The van der Waals surface area contributed by atoms with Gasteiger partial charge in [0.25, 0.3) is 0 Å². The van der Waals surface area contributed by atoms with Crippen LogP contribution in [0.3, 0.4) is 0 Å². The molecule has 1 saturated heterocycles. The molecular weight excluding hydrogens is 224 g/mol. The molecule has 0 radical (unpaired) electrons. The maximum absolute atomic E-state index is 11.5. The average molecular weight is 240 g/mol. The van der Waals surface area contributed by atoms with E-state index in [4.69, 9.17) is 0 Å². The molecule has 1 unspecified atom stereocenters. The van der Waals surface area contributed by atoms with Crippen molar-refractivity contribution in [1.29, 1.82) is 0 Å². The van der Waals surface area contributed by atoms with Crippen LogP contribution in [0, 0.1) is 6.92 Å². The van der Waals surface area contributed by atoms with Crippen molar-refractivity contribution in [2.75, 3.05) is 16.8 Å². The predicted molar refractivity (Wildman–Crippen MR) is 64.3 cm³/mol. The normalized spacial score (nSPS) is 23.9. The molecule has 0 spiro atoms. The van der Waals surface area contributed by atoms with Crippen LogP contribution in [-0.4, -0.2) is 30.9 Å². The Hall–Kier alpha value is -1.10. The molecule has 0 amide bonds. The fourth-order valence-electron chi connectivity index (χ4n) is 1.97. The molecule has 4 nitrogen and oxygen atoms in total. The first-order chi connectivity index (χ1) is 7.57. The summed E-state index contributed by atoms with van der Waals surface area (Å²) < 4.78 is 23.0. The number of nitrogens with zero attached hydrogens (tertiary/aromatic N) is 1. The van der Waals surface area contributed by atoms with Crippen molar-refractivity contribution >= 4 is 15.7 Å². The van der Waals surface area contributed by atoms with Crippen LogP contribution in [-0.2, 0) is 9.84 Å². The zero-order chi connectivity index (χ0) is 11.6. The molecule has 0 bridgehead atoms. The SMILES string of the molecule is Cc1cccnc1NC1CCCS(=O)(=O)C1. The monoisotopic (exact) mass is 240 g/mol. The molecule has 2 heterocycles. The number of pyridine rings is 1. The fraction of sp³-hybridized carbons (Fsp3) is 0.545. The highest BCUT2D eigenvalue weighted by molar-refractivity contribution is 7.91. The predicted octanol–water partition coefficient (Wildman–Crippen LogP) is 1.38. The lowest BCUT2D eigenvalue weighted by atomic mass is 10.2. The third kappa shape index (κ3) is 2.72. The van der Waals surface area contributed by atoms with Gasteiger partial charge >= 0.3 is 0 Å². The van der Waals surface area contributed by atoms with E-state index in [1.54, 1.807) is 6.20 Å². The van der Waals surface area contributed by atoms with Crippen LogP contribution in [0.15, 0.2) is 18.3 Å². The van der Waals surface area contributed by atoms with Crippen molar-refractivity contribution in [2.45, 2.75) is 25.8 Å². The molecule has 5 heteroatoms. The molecule has 1 aliphatic heterocycles. The standard InChI is InChI=1S/C11H16N2O2S/c1-9-4-2-6-12-11(9)13-10-5-3-7-16(14,15)8-10/h2,4,6,10H,3,5,7-8H2,1H3,(H,12,13). The second-order valence-corrected chi connectivity index (χ2v) is 6.50. The Morgan fingerprint density at radius 1 is 1.50 bits per heavy atom. The molecule has 16 heavy (non-hydrogen) atoms. The van der Waals surface area contributed by atoms with Crippen LogP contribution in [0.5, 0.6) is 0 Å². The minimum atomic E-state index is -2.86. The fourth-order valence-corrected chi connectivity index (χ4v) is 3.60. The van der Waals surface area contributed by atoms with Gasteiger partial charge in [0.15, 0.2) is 9.84 Å². The smallest absolute Gasteiger partial charge is 0.152 e. The Balaban J connectivity index is 2.08. The van der Waals surface area contributed by atoms with Crippen LogP contribution in [0.25, 0.3) is 0 Å². The summed E-state index contributed by atoms with van der Waals surface area (Å²) in [5, 5.41) is 3.21. The highest BCUT2D eigenvalue weighted by atomic mass is 32.2. The zero-order valence-electron chi connectivity index (χ0n) is 9.31. The van der Waals surface area contributed by atoms with Crippen LogP contribution < -0.4 is 5.32 Å². The Kier molecular flexibility index (Phi) is 3.14. The molecule has 2 rings (SSSR count). The van der Waals surface area contributed by atoms with Gasteiger partial charge in [-0.05, 0) is 31.4 Å². The number of anilines is 1. The van der Waals surface area contributed by atoms with Crippen molar-refractivity contribution in [2.24, 2.45) is 0 Å². The van der Waals surface area contributed by atoms with Gasteiger partial charge in [-0.25, -0.2) is 13.4 Å². The number of hydrogen-bond acceptors (Lipinski definition) is 4. The van der Waals surface area contributed by atoms with E-state index in [0.717, 1.165) is 24.2 Å². The van der Waals surface area contributed by atoms with E-state index in [-0.39, 0.29) is 11.8 Å². The molecule has 1 aromatic heterocycles. The minimum absolute atomic E-state index is 0.00681. The lowest BCUT2D eigenvalue weighted by molar-refractivity contribution is 0.561. The molecular formula is C11H16N2O2S. The molecule has 0 aromatic carbocycles. The molecule has 1 N–H and O–H groups in total. The van der Waals surface area contributed by atoms with Gasteiger partial charge in [0.05, 0.1) is 11.5 Å². The van der Waals surface area contributed by atoms with Crippen LogP contribution in [0.2, 0.25) is 0 Å². The lowest BCUT2D eigenvalue weighted by Gasteiger charge is -2.24. The van der Waals surface area contributed by atoms with E-state index >= 15 is 0 Å². The average Bonchev–Trinajstić information content (AvgIpc) is 2.20. The van der Waals surface area contributed by atoms with E-state index in [0.29, 0.717) is 5.75 Å². The Labute approximate surface area is 96.0 Å². The number of hydrogen-bond donors (Lipinski definition) is 1. The first kappa shape index (κ1) is 11.4. The highest BCUT2D eigenvalue weighted by Gasteiger charge is 2.24. The minimum Gasteiger partial charge on any atom is -0.366 e. The van der Waals surface area contributed by atoms with Crippen molar-refractivity contribution in [1.82, 2.24) is 4.98 Å². The summed E-state index contributed by atoms with van der Waals surface area (Å²) in [6.07, 6.45) is 3.35. The summed E-state index contributed by atoms with van der Waals surface area (Å²) in [6, 6.07) is 3.84. The van der Waals surface area contributed by atoms with E-state index < -0.39 is 9.84 Å². The zero-order valence-corrected chi connectivity index (χ0v) is 10.1. The van der Waals surface area contributed by atoms with Gasteiger partial charge in [0.1, 0.15) is 5.82 Å². The van der Waals surface area contributed by atoms with Crippen molar-refractivity contribution in [3.05, 3.63) is 23.9 Å². The summed E-state index contributed by atoms with van der Waals surface area (Å²) in [5.74, 6) is 1.35. The van der Waals surface area contributed by atoms with E-state index in [1.165, 1.54) is 0 Å². The summed E-state index contributed by atoms with van der Waals surface area (Å²) in [6.45, 7) is 1.96. The highest BCUT2D eigenvalue weighted by Crippen LogP contribution is 2.18. The maximum Gasteiger partial charge on any atom is 0.152 e. The van der Waals surface area contributed by atoms with E-state index in [1.807, 2.05) is 19.1 Å². The Bertz CT molecular complexity index is 471. The van der Waals surface area contributed by atoms with Gasteiger partial charge in [0, 0.05) is 12.2 Å². The third-order valence-electron chi connectivity index (χ3n) is 2.81. The molecule has 1 aliphatic rings. The van der Waals surface area contributed by atoms with Crippen molar-refractivity contribution < 1.29 is 8.42 Å². The number of aromatic nitrogens is 1. The summed E-state index contributed by atoms with van der Waals surface area (Å²) in [7, 11) is -2.86. The lowest BCUT2D eigenvalue weighted by Crippen LogP contribution is -2.35. The number of sulfone groups is 1. The van der Waals surface area contributed by atoms with Gasteiger partial charge in [-0.2, -0.15) is 0 Å². The first-order valence-electron chi connectivity index (χ1n) is 5.45. The van der Waals surface area contributed by atoms with Crippen molar-refractivity contribution in [3.63, 3.8) is 0 Å². The number of nitrogens with one attached hydrogen (secondary N) is 1. The van der Waals surface area contributed by atoms with E-state index in [2.05, 4.69) is 10.3 Å². The summed E-state index contributed by atoms with van der Waals surface area (Å²) >= 11 is 0. The molecule has 0 aliphatic carbocycles. The van der Waals surface area contributed by atoms with Gasteiger partial charge in [-0.15, -0.1) is 0 Å². The number of aryl methyl sites for hydroxylation is 1. The van der Waals surface area contributed by atoms with E-state index in [9.17, 15) is 8.42 Å². The second kappa shape index (κ2) is 4.41. The van der Waals surface area contributed by atoms with Crippen molar-refractivity contribution in [3.8, 4) is 0 Å². The maximum atomic E-state index is 11.5. The molecule has 1 aromatic rings. The molecule has 1 fully saturated rings. The quantitative estimate of drug-likeness (QED) is 0.848. The third-order valence-corrected chi connectivity index (χ3v) is 4.63. The summed E-state index contributed by atoms with van der Waals surface area (Å²) in [4.78, 5) is 4.21. The second-order valence-electron chi connectivity index (χ2n) is 4.27. The summed E-state index contributed by atoms with van der Waals surface area (Å²) in [5.41, 5.74) is 1.05. The van der Waals surface area contributed by atoms with Crippen LogP contribution >= 0.6 is 0 Å². The number of rotatable bonds is 2. The first-order valence-corrected chi connectivity index (χ1v) is 7.27. The molecule has 88 valence electrons. The topological polar surface area (TPSA) is 59.1 Å². The van der Waals surface area contributed by atoms with Gasteiger partial charge in [0.2, 0.25) is 0 Å². The van der Waals surface area contributed by atoms with Gasteiger partial charge in [-0.3, -0.25) is 0 Å². The molecule has 0 saturated carbocycles. The molecule has 1 atom stereocenters. The van der Waals surface area contributed by atoms with Crippen LogP contribution in [0.4, 0.5) is 5.82 Å². The Morgan fingerprint density at radius 3 is 3.00 bits per heavy atom. The Morgan fingerprint density at radius 2 is 2.31 bits per heavy atom. The van der Waals surface area contributed by atoms with Gasteiger partial charge < -0.3 is 5.32 Å². The largest absolute Gasteiger partial charge is 0.366 e. The van der Waals surface area contributed by atoms with Crippen LogP contribution in [0.1, 0.15) is 18.4 Å².